The van der Waals surface area contributed by atoms with E-state index in [1.807, 2.05) is 24.3 Å². The van der Waals surface area contributed by atoms with Crippen LogP contribution in [0, 0.1) is 0 Å². The number of aryl methyl sites for hydroxylation is 1. The number of aromatic nitrogens is 1. The molecule has 2 amide bonds. The van der Waals surface area contributed by atoms with Crippen LogP contribution < -0.4 is 10.6 Å². The van der Waals surface area contributed by atoms with Crippen molar-refractivity contribution in [1.29, 1.82) is 0 Å². The van der Waals surface area contributed by atoms with Gasteiger partial charge in [-0.3, -0.25) is 19.4 Å². The average Bonchev–Trinajstić information content (AvgIpc) is 2.70. The molecule has 0 atom stereocenters. The van der Waals surface area contributed by atoms with Gasteiger partial charge in [0, 0.05) is 16.9 Å². The molecule has 0 aliphatic carbocycles. The Morgan fingerprint density at radius 2 is 1.89 bits per heavy atom. The summed E-state index contributed by atoms with van der Waals surface area (Å²) in [5, 5.41) is 5.36. The lowest BCUT2D eigenvalue weighted by Gasteiger charge is -2.08. The number of rotatable bonds is 9. The standard InChI is InChI=1S/C20H22ClN3O4/c1-2-3-4-14-5-7-16(8-6-14)24-18(25)13-28-19(26)12-23-20(27)17-11-15(21)9-10-22-17/h5-11H,2-4,12-13H2,1H3,(H,23,27)(H,24,25). The van der Waals surface area contributed by atoms with Crippen LogP contribution in [0.2, 0.25) is 5.02 Å². The number of unbranched alkanes of at least 4 members (excludes halogenated alkanes) is 1. The third-order valence-corrected chi connectivity index (χ3v) is 4.00. The zero-order valence-electron chi connectivity index (χ0n) is 15.5. The van der Waals surface area contributed by atoms with Crippen molar-refractivity contribution in [2.45, 2.75) is 26.2 Å². The molecule has 0 saturated carbocycles. The van der Waals surface area contributed by atoms with E-state index in [9.17, 15) is 14.4 Å². The largest absolute Gasteiger partial charge is 0.454 e. The summed E-state index contributed by atoms with van der Waals surface area (Å²) in [6.07, 6.45) is 4.63. The third-order valence-electron chi connectivity index (χ3n) is 3.77. The maximum absolute atomic E-state index is 11.9. The van der Waals surface area contributed by atoms with Crippen LogP contribution in [0.15, 0.2) is 42.6 Å². The molecule has 28 heavy (non-hydrogen) atoms. The van der Waals surface area contributed by atoms with Gasteiger partial charge in [-0.15, -0.1) is 0 Å². The smallest absolute Gasteiger partial charge is 0.325 e. The topological polar surface area (TPSA) is 97.4 Å². The lowest BCUT2D eigenvalue weighted by Crippen LogP contribution is -2.32. The fourth-order valence-corrected chi connectivity index (χ4v) is 2.46. The van der Waals surface area contributed by atoms with Gasteiger partial charge in [-0.25, -0.2) is 0 Å². The molecular formula is C20H22ClN3O4. The molecule has 0 unspecified atom stereocenters. The maximum atomic E-state index is 11.9. The number of halogens is 1. The molecule has 1 aromatic heterocycles. The fraction of sp³-hybridized carbons (Fsp3) is 0.300. The van der Waals surface area contributed by atoms with Crippen LogP contribution in [-0.2, 0) is 20.7 Å². The number of benzene rings is 1. The summed E-state index contributed by atoms with van der Waals surface area (Å²) in [5.74, 6) is -1.76. The summed E-state index contributed by atoms with van der Waals surface area (Å²) in [4.78, 5) is 39.3. The van der Waals surface area contributed by atoms with Crippen LogP contribution in [-0.4, -0.2) is 35.9 Å². The SMILES string of the molecule is CCCCc1ccc(NC(=O)COC(=O)CNC(=O)c2cc(Cl)ccn2)cc1. The Balaban J connectivity index is 1.70. The quantitative estimate of drug-likeness (QED) is 0.627. The van der Waals surface area contributed by atoms with Crippen molar-refractivity contribution in [3.05, 3.63) is 58.9 Å². The first kappa shape index (κ1) is 21.4. The molecule has 1 aromatic carbocycles. The summed E-state index contributed by atoms with van der Waals surface area (Å²) >= 11 is 5.78. The number of hydrogen-bond donors (Lipinski definition) is 2. The van der Waals surface area contributed by atoms with Gasteiger partial charge in [-0.2, -0.15) is 0 Å². The molecule has 0 spiro atoms. The number of esters is 1. The summed E-state index contributed by atoms with van der Waals surface area (Å²) < 4.78 is 4.85. The second kappa shape index (κ2) is 11.0. The van der Waals surface area contributed by atoms with E-state index in [0.717, 1.165) is 19.3 Å². The van der Waals surface area contributed by atoms with Gasteiger partial charge in [0.2, 0.25) is 0 Å². The monoisotopic (exact) mass is 403 g/mol. The molecule has 2 rings (SSSR count). The highest BCUT2D eigenvalue weighted by Gasteiger charge is 2.12. The van der Waals surface area contributed by atoms with Crippen molar-refractivity contribution in [3.8, 4) is 0 Å². The minimum Gasteiger partial charge on any atom is -0.454 e. The molecule has 0 aliphatic rings. The minimum absolute atomic E-state index is 0.0837. The van der Waals surface area contributed by atoms with E-state index in [4.69, 9.17) is 16.3 Å². The first-order valence-corrected chi connectivity index (χ1v) is 9.30. The maximum Gasteiger partial charge on any atom is 0.325 e. The number of amides is 2. The van der Waals surface area contributed by atoms with Crippen LogP contribution in [0.1, 0.15) is 35.8 Å². The highest BCUT2D eigenvalue weighted by Crippen LogP contribution is 2.12. The van der Waals surface area contributed by atoms with E-state index in [-0.39, 0.29) is 12.2 Å². The normalized spacial score (nSPS) is 10.2. The number of anilines is 1. The van der Waals surface area contributed by atoms with Crippen molar-refractivity contribution < 1.29 is 19.1 Å². The lowest BCUT2D eigenvalue weighted by atomic mass is 10.1. The van der Waals surface area contributed by atoms with Gasteiger partial charge in [-0.1, -0.05) is 37.1 Å². The zero-order chi connectivity index (χ0) is 20.4. The zero-order valence-corrected chi connectivity index (χ0v) is 16.3. The predicted molar refractivity (Wildman–Crippen MR) is 106 cm³/mol. The molecule has 148 valence electrons. The lowest BCUT2D eigenvalue weighted by molar-refractivity contribution is -0.146. The van der Waals surface area contributed by atoms with Gasteiger partial charge >= 0.3 is 5.97 Å². The number of hydrogen-bond acceptors (Lipinski definition) is 5. The number of ether oxygens (including phenoxy) is 1. The Morgan fingerprint density at radius 3 is 2.57 bits per heavy atom. The average molecular weight is 404 g/mol. The molecule has 8 heteroatoms. The molecule has 2 N–H and O–H groups in total. The van der Waals surface area contributed by atoms with Crippen LogP contribution in [0.3, 0.4) is 0 Å². The number of carbonyl (C=O) groups excluding carboxylic acids is 3. The molecular weight excluding hydrogens is 382 g/mol. The van der Waals surface area contributed by atoms with Gasteiger partial charge in [0.15, 0.2) is 6.61 Å². The molecule has 0 bridgehead atoms. The van der Waals surface area contributed by atoms with E-state index in [1.54, 1.807) is 0 Å². The summed E-state index contributed by atoms with van der Waals surface area (Å²) in [6.45, 7) is 1.31. The summed E-state index contributed by atoms with van der Waals surface area (Å²) in [5.41, 5.74) is 1.92. The Morgan fingerprint density at radius 1 is 1.14 bits per heavy atom. The van der Waals surface area contributed by atoms with Crippen LogP contribution in [0.5, 0.6) is 0 Å². The first-order chi connectivity index (χ1) is 13.5. The number of nitrogens with zero attached hydrogens (tertiary/aromatic N) is 1. The van der Waals surface area contributed by atoms with Gasteiger partial charge in [0.25, 0.3) is 11.8 Å². The second-order valence-electron chi connectivity index (χ2n) is 6.05. The highest BCUT2D eigenvalue weighted by molar-refractivity contribution is 6.30. The third kappa shape index (κ3) is 7.36. The van der Waals surface area contributed by atoms with E-state index in [1.165, 1.54) is 23.9 Å². The van der Waals surface area contributed by atoms with Crippen molar-refractivity contribution >= 4 is 35.1 Å². The molecule has 2 aromatic rings. The molecule has 1 heterocycles. The summed E-state index contributed by atoms with van der Waals surface area (Å²) in [6, 6.07) is 10.4. The number of carbonyl (C=O) groups is 3. The van der Waals surface area contributed by atoms with Crippen molar-refractivity contribution in [1.82, 2.24) is 10.3 Å². The number of pyridine rings is 1. The Hall–Kier alpha value is -2.93. The van der Waals surface area contributed by atoms with E-state index >= 15 is 0 Å². The first-order valence-electron chi connectivity index (χ1n) is 8.92. The van der Waals surface area contributed by atoms with E-state index in [0.29, 0.717) is 10.7 Å². The van der Waals surface area contributed by atoms with Gasteiger partial charge < -0.3 is 15.4 Å². The van der Waals surface area contributed by atoms with E-state index < -0.39 is 24.4 Å². The highest BCUT2D eigenvalue weighted by atomic mass is 35.5. The molecule has 0 fully saturated rings. The molecule has 0 saturated heterocycles. The molecule has 0 radical (unpaired) electrons. The van der Waals surface area contributed by atoms with Gasteiger partial charge in [0.05, 0.1) is 0 Å². The Labute approximate surface area is 168 Å². The fourth-order valence-electron chi connectivity index (χ4n) is 2.30. The van der Waals surface area contributed by atoms with Gasteiger partial charge in [-0.05, 0) is 42.7 Å². The van der Waals surface area contributed by atoms with Crippen LogP contribution in [0.4, 0.5) is 5.69 Å². The minimum atomic E-state index is -0.736. The predicted octanol–water partition coefficient (Wildman–Crippen LogP) is 2.99. The second-order valence-corrected chi connectivity index (χ2v) is 6.49. The van der Waals surface area contributed by atoms with Crippen molar-refractivity contribution in [3.63, 3.8) is 0 Å². The molecule has 7 nitrogen and oxygen atoms in total. The van der Waals surface area contributed by atoms with Crippen molar-refractivity contribution in [2.24, 2.45) is 0 Å². The number of nitrogens with one attached hydrogen (secondary N) is 2. The Kier molecular flexibility index (Phi) is 8.42. The van der Waals surface area contributed by atoms with Crippen LogP contribution in [0.25, 0.3) is 0 Å². The van der Waals surface area contributed by atoms with Crippen molar-refractivity contribution in [2.75, 3.05) is 18.5 Å². The van der Waals surface area contributed by atoms with E-state index in [2.05, 4.69) is 22.5 Å². The Bertz CT molecular complexity index is 824. The molecule has 0 aliphatic heterocycles. The van der Waals surface area contributed by atoms with Crippen LogP contribution >= 0.6 is 11.6 Å². The van der Waals surface area contributed by atoms with Gasteiger partial charge in [0.1, 0.15) is 12.2 Å². The summed E-state index contributed by atoms with van der Waals surface area (Å²) in [7, 11) is 0.